The third kappa shape index (κ3) is 6.91. The average molecular weight is 517 g/mol. The first-order valence-electron chi connectivity index (χ1n) is 10.4. The van der Waals surface area contributed by atoms with Gasteiger partial charge in [0.2, 0.25) is 0 Å². The van der Waals surface area contributed by atoms with Crippen LogP contribution in [0.25, 0.3) is 0 Å². The Morgan fingerprint density at radius 1 is 1.31 bits per heavy atom. The maximum absolute atomic E-state index is 6.07. The van der Waals surface area contributed by atoms with Gasteiger partial charge in [0.25, 0.3) is 0 Å². The average Bonchev–Trinajstić information content (AvgIpc) is 3.01. The van der Waals surface area contributed by atoms with Gasteiger partial charge in [-0.1, -0.05) is 12.1 Å². The molecule has 2 aliphatic rings. The standard InChI is InChI=1S/C22H35N3O3.HI/c1-22(2)16-18-6-5-7-19(20(18)28-22)27-15-11-24-21(23-3)25(4)12-8-17-9-13-26-14-10-17;/h5-7,17H,8-16H2,1-4H3,(H,23,24);1H. The Labute approximate surface area is 192 Å². The van der Waals surface area contributed by atoms with Crippen LogP contribution in [0.15, 0.2) is 23.2 Å². The third-order valence-electron chi connectivity index (χ3n) is 5.48. The quantitative estimate of drug-likeness (QED) is 0.259. The van der Waals surface area contributed by atoms with Crippen molar-refractivity contribution in [3.8, 4) is 11.5 Å². The summed E-state index contributed by atoms with van der Waals surface area (Å²) in [7, 11) is 3.92. The number of nitrogens with zero attached hydrogens (tertiary/aromatic N) is 2. The molecule has 0 atom stereocenters. The number of benzene rings is 1. The number of hydrogen-bond donors (Lipinski definition) is 1. The summed E-state index contributed by atoms with van der Waals surface area (Å²) in [6.45, 7) is 8.29. The van der Waals surface area contributed by atoms with Gasteiger partial charge in [-0.2, -0.15) is 0 Å². The van der Waals surface area contributed by atoms with Gasteiger partial charge in [0.1, 0.15) is 12.2 Å². The summed E-state index contributed by atoms with van der Waals surface area (Å²) in [4.78, 5) is 6.60. The van der Waals surface area contributed by atoms with Crippen LogP contribution in [0.4, 0.5) is 0 Å². The number of para-hydroxylation sites is 1. The van der Waals surface area contributed by atoms with Crippen molar-refractivity contribution < 1.29 is 14.2 Å². The van der Waals surface area contributed by atoms with Gasteiger partial charge >= 0.3 is 0 Å². The minimum Gasteiger partial charge on any atom is -0.488 e. The highest BCUT2D eigenvalue weighted by molar-refractivity contribution is 14.0. The van der Waals surface area contributed by atoms with E-state index in [4.69, 9.17) is 14.2 Å². The maximum atomic E-state index is 6.07. The molecular formula is C22H36IN3O3. The van der Waals surface area contributed by atoms with Crippen LogP contribution in [0, 0.1) is 5.92 Å². The van der Waals surface area contributed by atoms with E-state index in [0.717, 1.165) is 49.6 Å². The van der Waals surface area contributed by atoms with E-state index in [1.165, 1.54) is 24.8 Å². The Morgan fingerprint density at radius 3 is 2.79 bits per heavy atom. The fourth-order valence-corrected chi connectivity index (χ4v) is 3.93. The first kappa shape index (κ1) is 24.1. The Bertz CT molecular complexity index is 675. The van der Waals surface area contributed by atoms with Crippen molar-refractivity contribution in [3.63, 3.8) is 0 Å². The molecule has 1 aromatic rings. The van der Waals surface area contributed by atoms with Crippen LogP contribution in [0.3, 0.4) is 0 Å². The number of halogens is 1. The number of guanidine groups is 1. The second-order valence-electron chi connectivity index (χ2n) is 8.37. The number of ether oxygens (including phenoxy) is 3. The second kappa shape index (κ2) is 11.2. The molecule has 6 nitrogen and oxygen atoms in total. The van der Waals surface area contributed by atoms with Crippen molar-refractivity contribution in [3.05, 3.63) is 23.8 Å². The van der Waals surface area contributed by atoms with Crippen molar-refractivity contribution in [2.24, 2.45) is 10.9 Å². The molecule has 2 heterocycles. The third-order valence-corrected chi connectivity index (χ3v) is 5.48. The Balaban J connectivity index is 0.00000300. The van der Waals surface area contributed by atoms with Gasteiger partial charge in [0.15, 0.2) is 17.5 Å². The molecule has 164 valence electrons. The van der Waals surface area contributed by atoms with Crippen LogP contribution < -0.4 is 14.8 Å². The Morgan fingerprint density at radius 2 is 2.07 bits per heavy atom. The van der Waals surface area contributed by atoms with E-state index in [-0.39, 0.29) is 29.6 Å². The van der Waals surface area contributed by atoms with E-state index in [9.17, 15) is 0 Å². The number of nitrogens with one attached hydrogen (secondary N) is 1. The van der Waals surface area contributed by atoms with Gasteiger partial charge in [0.05, 0.1) is 6.54 Å². The highest BCUT2D eigenvalue weighted by Crippen LogP contribution is 2.41. The zero-order chi connectivity index (χ0) is 20.0. The molecule has 1 saturated heterocycles. The lowest BCUT2D eigenvalue weighted by Gasteiger charge is -2.26. The SMILES string of the molecule is CN=C(NCCOc1cccc2c1OC(C)(C)C2)N(C)CCC1CCOCC1.I. The van der Waals surface area contributed by atoms with Crippen molar-refractivity contribution >= 4 is 29.9 Å². The van der Waals surface area contributed by atoms with Gasteiger partial charge in [-0.15, -0.1) is 24.0 Å². The molecule has 0 spiro atoms. The minimum atomic E-state index is -0.157. The van der Waals surface area contributed by atoms with E-state index < -0.39 is 0 Å². The molecule has 0 amide bonds. The molecular weight excluding hydrogens is 481 g/mol. The normalized spacial score (nSPS) is 18.4. The highest BCUT2D eigenvalue weighted by atomic mass is 127. The van der Waals surface area contributed by atoms with Crippen molar-refractivity contribution in [1.82, 2.24) is 10.2 Å². The summed E-state index contributed by atoms with van der Waals surface area (Å²) in [5.41, 5.74) is 1.06. The zero-order valence-electron chi connectivity index (χ0n) is 18.2. The van der Waals surface area contributed by atoms with Crippen molar-refractivity contribution in [2.45, 2.75) is 45.1 Å². The molecule has 3 rings (SSSR count). The van der Waals surface area contributed by atoms with Crippen LogP contribution in [-0.2, 0) is 11.2 Å². The molecule has 0 radical (unpaired) electrons. The zero-order valence-corrected chi connectivity index (χ0v) is 20.5. The van der Waals surface area contributed by atoms with E-state index >= 15 is 0 Å². The van der Waals surface area contributed by atoms with Gasteiger partial charge in [-0.25, -0.2) is 0 Å². The smallest absolute Gasteiger partial charge is 0.193 e. The number of aliphatic imine (C=N–C) groups is 1. The first-order valence-corrected chi connectivity index (χ1v) is 10.4. The van der Waals surface area contributed by atoms with Gasteiger partial charge in [-0.05, 0) is 45.1 Å². The molecule has 0 bridgehead atoms. The lowest BCUT2D eigenvalue weighted by atomic mass is 9.96. The van der Waals surface area contributed by atoms with Crippen molar-refractivity contribution in [2.75, 3.05) is 47.0 Å². The Hall–Kier alpha value is -1.22. The number of rotatable bonds is 7. The van der Waals surface area contributed by atoms with Gasteiger partial charge in [0, 0.05) is 45.8 Å². The van der Waals surface area contributed by atoms with Crippen LogP contribution >= 0.6 is 24.0 Å². The minimum absolute atomic E-state index is 0. The van der Waals surface area contributed by atoms with E-state index in [1.807, 2.05) is 19.2 Å². The first-order chi connectivity index (χ1) is 13.5. The predicted molar refractivity (Wildman–Crippen MR) is 128 cm³/mol. The maximum Gasteiger partial charge on any atom is 0.193 e. The molecule has 1 fully saturated rings. The molecule has 0 unspecified atom stereocenters. The van der Waals surface area contributed by atoms with Crippen LogP contribution in [0.2, 0.25) is 0 Å². The number of fused-ring (bicyclic) bond motifs is 1. The molecule has 7 heteroatoms. The largest absolute Gasteiger partial charge is 0.488 e. The van der Waals surface area contributed by atoms with Gasteiger partial charge < -0.3 is 24.4 Å². The molecule has 29 heavy (non-hydrogen) atoms. The van der Waals surface area contributed by atoms with Crippen LogP contribution in [0.5, 0.6) is 11.5 Å². The Kier molecular flexibility index (Phi) is 9.33. The summed E-state index contributed by atoms with van der Waals surface area (Å²) < 4.78 is 17.5. The highest BCUT2D eigenvalue weighted by Gasteiger charge is 2.32. The monoisotopic (exact) mass is 517 g/mol. The summed E-state index contributed by atoms with van der Waals surface area (Å²) in [5, 5.41) is 3.40. The topological polar surface area (TPSA) is 55.3 Å². The lowest BCUT2D eigenvalue weighted by molar-refractivity contribution is 0.0625. The fourth-order valence-electron chi connectivity index (χ4n) is 3.93. The van der Waals surface area contributed by atoms with E-state index in [0.29, 0.717) is 13.2 Å². The fraction of sp³-hybridized carbons (Fsp3) is 0.682. The molecule has 0 saturated carbocycles. The van der Waals surface area contributed by atoms with E-state index in [1.54, 1.807) is 0 Å². The number of hydrogen-bond acceptors (Lipinski definition) is 4. The molecule has 0 aromatic heterocycles. The lowest BCUT2D eigenvalue weighted by Crippen LogP contribution is -2.41. The van der Waals surface area contributed by atoms with Gasteiger partial charge in [-0.3, -0.25) is 4.99 Å². The van der Waals surface area contributed by atoms with Crippen LogP contribution in [-0.4, -0.2) is 63.5 Å². The summed E-state index contributed by atoms with van der Waals surface area (Å²) in [5.74, 6) is 3.39. The summed E-state index contributed by atoms with van der Waals surface area (Å²) in [6, 6.07) is 6.13. The molecule has 1 N–H and O–H groups in total. The van der Waals surface area contributed by atoms with E-state index in [2.05, 4.69) is 42.2 Å². The van der Waals surface area contributed by atoms with Crippen molar-refractivity contribution in [1.29, 1.82) is 0 Å². The summed E-state index contributed by atoms with van der Waals surface area (Å²) >= 11 is 0. The van der Waals surface area contributed by atoms with Crippen LogP contribution in [0.1, 0.15) is 38.7 Å². The molecule has 2 aliphatic heterocycles. The second-order valence-corrected chi connectivity index (χ2v) is 8.37. The molecule has 1 aromatic carbocycles. The summed E-state index contributed by atoms with van der Waals surface area (Å²) in [6.07, 6.45) is 4.45. The molecule has 0 aliphatic carbocycles. The predicted octanol–water partition coefficient (Wildman–Crippen LogP) is 3.72.